The van der Waals surface area contributed by atoms with Crippen molar-refractivity contribution >= 4 is 23.9 Å². The van der Waals surface area contributed by atoms with Crippen LogP contribution in [0.1, 0.15) is 55.4 Å². The molecule has 0 aromatic rings. The molecule has 0 heterocycles. The number of hydrogen-bond acceptors (Lipinski definition) is 4. The molecule has 8 nitrogen and oxygen atoms in total. The van der Waals surface area contributed by atoms with Crippen LogP contribution in [0.3, 0.4) is 0 Å². The Morgan fingerprint density at radius 3 is 0.480 bits per heavy atom. The van der Waals surface area contributed by atoms with Crippen LogP contribution in [0.15, 0.2) is 0 Å². The zero-order chi connectivity index (χ0) is 20.6. The van der Waals surface area contributed by atoms with Gasteiger partial charge in [0.1, 0.15) is 0 Å². The van der Waals surface area contributed by atoms with Gasteiger partial charge in [0.05, 0.1) is 23.7 Å². The first kappa shape index (κ1) is 35.0. The van der Waals surface area contributed by atoms with Crippen LogP contribution in [-0.2, 0) is 45.4 Å². The Morgan fingerprint density at radius 2 is 0.480 bits per heavy atom. The van der Waals surface area contributed by atoms with Crippen LogP contribution in [0.25, 0.3) is 0 Å². The maximum Gasteiger partial charge on any atom is 0.305 e. The van der Waals surface area contributed by atoms with E-state index in [-0.39, 0.29) is 49.9 Å². The molecule has 0 bridgehead atoms. The standard InChI is InChI=1S/4C4H8O2.Zr/c4*1-3(2)4(5)6;/h4*3H,1-2H3,(H,5,6);. The monoisotopic (exact) mass is 442 g/mol. The summed E-state index contributed by atoms with van der Waals surface area (Å²) in [7, 11) is 0. The van der Waals surface area contributed by atoms with Crippen LogP contribution >= 0.6 is 0 Å². The fourth-order valence-corrected chi connectivity index (χ4v) is 0. The summed E-state index contributed by atoms with van der Waals surface area (Å²) >= 11 is 0. The molecule has 0 aliphatic carbocycles. The molecule has 148 valence electrons. The predicted molar refractivity (Wildman–Crippen MR) is 89.9 cm³/mol. The molecule has 0 saturated carbocycles. The molecule has 9 heteroatoms. The molecule has 0 fully saturated rings. The van der Waals surface area contributed by atoms with Crippen molar-refractivity contribution in [3.8, 4) is 0 Å². The molecule has 0 aliphatic heterocycles. The van der Waals surface area contributed by atoms with Crippen molar-refractivity contribution in [1.82, 2.24) is 0 Å². The number of carboxylic acid groups (broad SMARTS) is 4. The van der Waals surface area contributed by atoms with Crippen molar-refractivity contribution in [2.45, 2.75) is 55.4 Å². The molecule has 4 N–H and O–H groups in total. The van der Waals surface area contributed by atoms with E-state index in [4.69, 9.17) is 20.4 Å². The Balaban J connectivity index is -0.0000000702. The molecule has 25 heavy (non-hydrogen) atoms. The SMILES string of the molecule is CC(C)C(=O)O.CC(C)C(=O)O.CC(C)C(=O)O.CC(C)C(=O)O.[Zr]. The number of carboxylic acids is 4. The van der Waals surface area contributed by atoms with Gasteiger partial charge in [0, 0.05) is 26.2 Å². The predicted octanol–water partition coefficient (Wildman–Crippen LogP) is 2.91. The minimum atomic E-state index is -0.741. The molecular formula is C16H32O8Zr. The van der Waals surface area contributed by atoms with E-state index in [1.54, 1.807) is 55.4 Å². The van der Waals surface area contributed by atoms with Crippen molar-refractivity contribution < 1.29 is 65.8 Å². The summed E-state index contributed by atoms with van der Waals surface area (Å²) in [6.45, 7) is 13.1. The first-order valence-corrected chi connectivity index (χ1v) is 7.48. The van der Waals surface area contributed by atoms with Gasteiger partial charge in [0.2, 0.25) is 0 Å². The minimum Gasteiger partial charge on any atom is -0.481 e. The Morgan fingerprint density at radius 1 is 0.440 bits per heavy atom. The second kappa shape index (κ2) is 20.8. The first-order chi connectivity index (χ1) is 10.6. The maximum atomic E-state index is 9.70. The van der Waals surface area contributed by atoms with Crippen LogP contribution in [0.2, 0.25) is 0 Å². The van der Waals surface area contributed by atoms with Crippen LogP contribution in [0.4, 0.5) is 0 Å². The average Bonchev–Trinajstić information content (AvgIpc) is 2.40. The molecule has 0 aromatic carbocycles. The van der Waals surface area contributed by atoms with E-state index in [9.17, 15) is 19.2 Å². The topological polar surface area (TPSA) is 149 Å². The van der Waals surface area contributed by atoms with E-state index in [1.807, 2.05) is 0 Å². The van der Waals surface area contributed by atoms with Gasteiger partial charge < -0.3 is 20.4 Å². The van der Waals surface area contributed by atoms with E-state index in [0.29, 0.717) is 0 Å². The summed E-state index contributed by atoms with van der Waals surface area (Å²) in [5.41, 5.74) is 0. The van der Waals surface area contributed by atoms with Crippen molar-refractivity contribution in [1.29, 1.82) is 0 Å². The van der Waals surface area contributed by atoms with Crippen LogP contribution in [-0.4, -0.2) is 44.3 Å². The van der Waals surface area contributed by atoms with Gasteiger partial charge in [-0.3, -0.25) is 19.2 Å². The van der Waals surface area contributed by atoms with E-state index in [0.717, 1.165) is 0 Å². The Hall–Kier alpha value is -1.24. The summed E-state index contributed by atoms with van der Waals surface area (Å²) in [4.78, 5) is 38.8. The van der Waals surface area contributed by atoms with Crippen molar-refractivity contribution in [3.63, 3.8) is 0 Å². The van der Waals surface area contributed by atoms with Gasteiger partial charge in [0.15, 0.2) is 0 Å². The number of rotatable bonds is 4. The van der Waals surface area contributed by atoms with Gasteiger partial charge in [-0.15, -0.1) is 0 Å². The van der Waals surface area contributed by atoms with Gasteiger partial charge >= 0.3 is 23.9 Å². The number of carbonyl (C=O) groups is 4. The molecule has 0 spiro atoms. The Labute approximate surface area is 168 Å². The zero-order valence-electron chi connectivity index (χ0n) is 16.2. The van der Waals surface area contributed by atoms with Gasteiger partial charge in [0.25, 0.3) is 0 Å². The largest absolute Gasteiger partial charge is 0.481 e. The zero-order valence-corrected chi connectivity index (χ0v) is 18.7. The van der Waals surface area contributed by atoms with Crippen LogP contribution in [0, 0.1) is 23.7 Å². The summed E-state index contributed by atoms with van der Waals surface area (Å²) in [6.07, 6.45) is 0. The Bertz CT molecular complexity index is 304. The number of hydrogen-bond donors (Lipinski definition) is 4. The van der Waals surface area contributed by atoms with Crippen molar-refractivity contribution in [2.24, 2.45) is 23.7 Å². The van der Waals surface area contributed by atoms with E-state index < -0.39 is 23.9 Å². The quantitative estimate of drug-likeness (QED) is 0.518. The fourth-order valence-electron chi connectivity index (χ4n) is 0. The van der Waals surface area contributed by atoms with Gasteiger partial charge in [-0.2, -0.15) is 0 Å². The summed E-state index contributed by atoms with van der Waals surface area (Å²) in [5, 5.41) is 32.0. The second-order valence-corrected chi connectivity index (χ2v) is 5.97. The minimum absolute atomic E-state index is 0. The van der Waals surface area contributed by atoms with Gasteiger partial charge in [-0.05, 0) is 0 Å². The molecular weight excluding hydrogens is 411 g/mol. The molecule has 0 atom stereocenters. The first-order valence-electron chi connectivity index (χ1n) is 7.48. The third-order valence-electron chi connectivity index (χ3n) is 1.98. The summed E-state index contributed by atoms with van der Waals surface area (Å²) in [5.74, 6) is -3.89. The van der Waals surface area contributed by atoms with Crippen molar-refractivity contribution in [3.05, 3.63) is 0 Å². The van der Waals surface area contributed by atoms with E-state index in [2.05, 4.69) is 0 Å². The summed E-state index contributed by atoms with van der Waals surface area (Å²) in [6, 6.07) is 0. The van der Waals surface area contributed by atoms with E-state index >= 15 is 0 Å². The summed E-state index contributed by atoms with van der Waals surface area (Å²) < 4.78 is 0. The maximum absolute atomic E-state index is 9.70. The average molecular weight is 444 g/mol. The second-order valence-electron chi connectivity index (χ2n) is 5.97. The molecule has 0 unspecified atom stereocenters. The molecule has 0 aliphatic rings. The molecule has 0 radical (unpaired) electrons. The number of aliphatic carboxylic acids is 4. The van der Waals surface area contributed by atoms with E-state index in [1.165, 1.54) is 0 Å². The molecule has 0 aromatic heterocycles. The van der Waals surface area contributed by atoms with Crippen LogP contribution < -0.4 is 0 Å². The van der Waals surface area contributed by atoms with Crippen LogP contribution in [0.5, 0.6) is 0 Å². The van der Waals surface area contributed by atoms with Crippen molar-refractivity contribution in [2.75, 3.05) is 0 Å². The molecule has 0 amide bonds. The molecule has 0 rings (SSSR count). The Kier molecular flexibility index (Phi) is 29.1. The third-order valence-corrected chi connectivity index (χ3v) is 1.98. The smallest absolute Gasteiger partial charge is 0.305 e. The normalized spacial score (nSPS) is 8.80. The molecule has 0 saturated heterocycles. The van der Waals surface area contributed by atoms with Gasteiger partial charge in [-0.1, -0.05) is 55.4 Å². The van der Waals surface area contributed by atoms with Gasteiger partial charge in [-0.25, -0.2) is 0 Å². The third kappa shape index (κ3) is 45.0. The fraction of sp³-hybridized carbons (Fsp3) is 0.750.